The minimum absolute atomic E-state index is 0.0167. The van der Waals surface area contributed by atoms with E-state index in [2.05, 4.69) is 5.32 Å². The number of amides is 1. The molecule has 186 valence electrons. The molecule has 2 aromatic rings. The number of benzene rings is 2. The molecule has 3 rings (SSSR count). The topological polar surface area (TPSA) is 41.6 Å². The fourth-order valence-corrected chi connectivity index (χ4v) is 4.45. The Hall–Kier alpha value is -1.90. The molecular formula is C23H23Cl3F4N2O2. The Morgan fingerprint density at radius 2 is 1.74 bits per heavy atom. The van der Waals surface area contributed by atoms with Gasteiger partial charge in [-0.25, -0.2) is 9.18 Å². The molecule has 11 heteroatoms. The van der Waals surface area contributed by atoms with Crippen molar-refractivity contribution in [3.05, 3.63) is 62.3 Å². The van der Waals surface area contributed by atoms with E-state index in [9.17, 15) is 22.4 Å². The molecular weight excluding hydrogens is 519 g/mol. The predicted octanol–water partition coefficient (Wildman–Crippen LogP) is 7.52. The largest absolute Gasteiger partial charge is 0.444 e. The maximum absolute atomic E-state index is 14.7. The van der Waals surface area contributed by atoms with Gasteiger partial charge in [-0.2, -0.15) is 13.2 Å². The first-order chi connectivity index (χ1) is 15.6. The summed E-state index contributed by atoms with van der Waals surface area (Å²) < 4.78 is 62.8. The van der Waals surface area contributed by atoms with E-state index in [4.69, 9.17) is 39.5 Å². The van der Waals surface area contributed by atoms with Gasteiger partial charge in [-0.05, 0) is 57.0 Å². The molecule has 1 atom stereocenters. The maximum Gasteiger partial charge on any atom is 0.407 e. The number of halogens is 7. The van der Waals surface area contributed by atoms with Crippen LogP contribution >= 0.6 is 34.8 Å². The highest BCUT2D eigenvalue weighted by molar-refractivity contribution is 6.48. The van der Waals surface area contributed by atoms with Crippen molar-refractivity contribution in [3.8, 4) is 0 Å². The number of alkyl halides is 3. The Kier molecular flexibility index (Phi) is 7.56. The lowest BCUT2D eigenvalue weighted by Crippen LogP contribution is -2.45. The Morgan fingerprint density at radius 3 is 2.26 bits per heavy atom. The van der Waals surface area contributed by atoms with Crippen molar-refractivity contribution < 1.29 is 27.1 Å². The van der Waals surface area contributed by atoms with Crippen LogP contribution in [-0.4, -0.2) is 31.0 Å². The third kappa shape index (κ3) is 5.66. The van der Waals surface area contributed by atoms with E-state index in [0.717, 1.165) is 6.07 Å². The summed E-state index contributed by atoms with van der Waals surface area (Å²) >= 11 is 17.9. The molecule has 4 nitrogen and oxygen atoms in total. The highest BCUT2D eigenvalue weighted by Gasteiger charge is 2.59. The van der Waals surface area contributed by atoms with Crippen molar-refractivity contribution >= 4 is 46.6 Å². The second-order valence-electron chi connectivity index (χ2n) is 9.14. The molecule has 1 amide bonds. The lowest BCUT2D eigenvalue weighted by molar-refractivity contribution is -0.184. The van der Waals surface area contributed by atoms with Gasteiger partial charge in [0, 0.05) is 30.9 Å². The fourth-order valence-electron chi connectivity index (χ4n) is 3.85. The van der Waals surface area contributed by atoms with Gasteiger partial charge in [-0.15, -0.1) is 0 Å². The van der Waals surface area contributed by atoms with Gasteiger partial charge < -0.3 is 15.0 Å². The summed E-state index contributed by atoms with van der Waals surface area (Å²) in [6.07, 6.45) is -5.59. The number of nitrogens with one attached hydrogen (secondary N) is 1. The SMILES string of the molecule is CC(C)(C)OC(=O)NCc1ccc(N2CC[C@@](c3cc(Cl)c(Cl)c(Cl)c3)(C(F)(F)F)C2)cc1F. The molecule has 0 radical (unpaired) electrons. The van der Waals surface area contributed by atoms with Gasteiger partial charge in [0.2, 0.25) is 0 Å². The molecule has 1 heterocycles. The number of hydrogen-bond acceptors (Lipinski definition) is 3. The zero-order chi connectivity index (χ0) is 25.5. The third-order valence-corrected chi connectivity index (χ3v) is 6.77. The first-order valence-corrected chi connectivity index (χ1v) is 11.5. The number of hydrogen-bond donors (Lipinski definition) is 1. The zero-order valence-electron chi connectivity index (χ0n) is 18.6. The first kappa shape index (κ1) is 26.7. The average molecular weight is 542 g/mol. The average Bonchev–Trinajstić information content (AvgIpc) is 3.16. The first-order valence-electron chi connectivity index (χ1n) is 10.3. The standard InChI is InChI=1S/C23H23Cl3F4N2O2/c1-21(2,3)34-20(33)31-11-13-4-5-15(10-18(13)27)32-7-6-22(12-32,23(28,29)30)14-8-16(24)19(26)17(25)9-14/h4-5,8-10H,6-7,11-12H2,1-3H3,(H,31,33)/t22-/m1/s1. The van der Waals surface area contributed by atoms with Gasteiger partial charge in [0.15, 0.2) is 0 Å². The molecule has 1 N–H and O–H groups in total. The van der Waals surface area contributed by atoms with Crippen LogP contribution in [0.2, 0.25) is 15.1 Å². The van der Waals surface area contributed by atoms with Crippen LogP contribution in [0.25, 0.3) is 0 Å². The van der Waals surface area contributed by atoms with Gasteiger partial charge in [-0.3, -0.25) is 0 Å². The van der Waals surface area contributed by atoms with Crippen molar-refractivity contribution in [2.75, 3.05) is 18.0 Å². The fraction of sp³-hybridized carbons (Fsp3) is 0.435. The van der Waals surface area contributed by atoms with E-state index >= 15 is 0 Å². The normalized spacial score (nSPS) is 18.8. The summed E-state index contributed by atoms with van der Waals surface area (Å²) in [5.74, 6) is -0.657. The van der Waals surface area contributed by atoms with Crippen LogP contribution in [0.15, 0.2) is 30.3 Å². The summed E-state index contributed by atoms with van der Waals surface area (Å²) in [5.41, 5.74) is -2.59. The second-order valence-corrected chi connectivity index (χ2v) is 10.3. The van der Waals surface area contributed by atoms with Gasteiger partial charge in [0.25, 0.3) is 0 Å². The van der Waals surface area contributed by atoms with Gasteiger partial charge in [0.1, 0.15) is 16.8 Å². The van der Waals surface area contributed by atoms with Crippen molar-refractivity contribution in [1.82, 2.24) is 5.32 Å². The summed E-state index contributed by atoms with van der Waals surface area (Å²) in [4.78, 5) is 13.2. The van der Waals surface area contributed by atoms with Crippen LogP contribution in [0.4, 0.5) is 28.0 Å². The van der Waals surface area contributed by atoms with Crippen LogP contribution in [0.1, 0.15) is 38.3 Å². The van der Waals surface area contributed by atoms with Crippen molar-refractivity contribution in [3.63, 3.8) is 0 Å². The molecule has 1 aliphatic heterocycles. The molecule has 0 spiro atoms. The monoisotopic (exact) mass is 540 g/mol. The lowest BCUT2D eigenvalue weighted by atomic mass is 9.79. The van der Waals surface area contributed by atoms with E-state index in [-0.39, 0.29) is 51.4 Å². The van der Waals surface area contributed by atoms with E-state index in [1.165, 1.54) is 29.2 Å². The Bertz CT molecular complexity index is 1070. The number of rotatable bonds is 4. The minimum Gasteiger partial charge on any atom is -0.444 e. The molecule has 0 unspecified atom stereocenters. The Labute approximate surface area is 210 Å². The summed E-state index contributed by atoms with van der Waals surface area (Å²) in [6, 6.07) is 6.45. The number of carbonyl (C=O) groups excluding carboxylic acids is 1. The predicted molar refractivity (Wildman–Crippen MR) is 126 cm³/mol. The summed E-state index contributed by atoms with van der Waals surface area (Å²) in [7, 11) is 0. The highest BCUT2D eigenvalue weighted by atomic mass is 35.5. The van der Waals surface area contributed by atoms with Crippen molar-refractivity contribution in [2.45, 2.75) is 50.9 Å². The van der Waals surface area contributed by atoms with Crippen LogP contribution in [0.5, 0.6) is 0 Å². The summed E-state index contributed by atoms with van der Waals surface area (Å²) in [5, 5.41) is 2.30. The van der Waals surface area contributed by atoms with Crippen LogP contribution in [-0.2, 0) is 16.7 Å². The minimum atomic E-state index is -4.61. The van der Waals surface area contributed by atoms with Gasteiger partial charge >= 0.3 is 12.3 Å². The zero-order valence-corrected chi connectivity index (χ0v) is 20.9. The van der Waals surface area contributed by atoms with Crippen LogP contribution in [0, 0.1) is 5.82 Å². The smallest absolute Gasteiger partial charge is 0.407 e. The molecule has 34 heavy (non-hydrogen) atoms. The molecule has 0 bridgehead atoms. The van der Waals surface area contributed by atoms with Crippen molar-refractivity contribution in [2.24, 2.45) is 0 Å². The Morgan fingerprint density at radius 1 is 1.12 bits per heavy atom. The molecule has 2 aromatic carbocycles. The van der Waals surface area contributed by atoms with Crippen LogP contribution in [0.3, 0.4) is 0 Å². The van der Waals surface area contributed by atoms with Crippen LogP contribution < -0.4 is 10.2 Å². The number of anilines is 1. The maximum atomic E-state index is 14.7. The Balaban J connectivity index is 1.81. The molecule has 0 aromatic heterocycles. The van der Waals surface area contributed by atoms with Gasteiger partial charge in [-0.1, -0.05) is 40.9 Å². The number of nitrogens with zero attached hydrogens (tertiary/aromatic N) is 1. The molecule has 1 aliphatic rings. The van der Waals surface area contributed by atoms with Crippen molar-refractivity contribution in [1.29, 1.82) is 0 Å². The third-order valence-electron chi connectivity index (χ3n) is 5.57. The molecule has 1 fully saturated rings. The number of alkyl carbamates (subject to hydrolysis) is 1. The summed E-state index contributed by atoms with van der Waals surface area (Å²) in [6.45, 7) is 4.56. The van der Waals surface area contributed by atoms with Gasteiger partial charge in [0.05, 0.1) is 15.1 Å². The number of ether oxygens (including phenoxy) is 1. The lowest BCUT2D eigenvalue weighted by Gasteiger charge is -2.33. The van der Waals surface area contributed by atoms with E-state index in [1.54, 1.807) is 20.8 Å². The van der Waals surface area contributed by atoms with E-state index in [1.807, 2.05) is 0 Å². The van der Waals surface area contributed by atoms with E-state index in [0.29, 0.717) is 0 Å². The highest BCUT2D eigenvalue weighted by Crippen LogP contribution is 2.50. The molecule has 0 aliphatic carbocycles. The molecule has 0 saturated carbocycles. The second kappa shape index (κ2) is 9.63. The molecule has 1 saturated heterocycles. The quantitative estimate of drug-likeness (QED) is 0.321. The van der Waals surface area contributed by atoms with E-state index < -0.39 is 35.6 Å². The number of carbonyl (C=O) groups is 1.